The van der Waals surface area contributed by atoms with Gasteiger partial charge in [0.25, 0.3) is 0 Å². The zero-order valence-electron chi connectivity index (χ0n) is 14.0. The molecule has 0 saturated heterocycles. The van der Waals surface area contributed by atoms with Crippen molar-refractivity contribution >= 4 is 17.9 Å². The van der Waals surface area contributed by atoms with Gasteiger partial charge in [-0.05, 0) is 51.9 Å². The lowest BCUT2D eigenvalue weighted by atomic mass is 9.33. The third-order valence-electron chi connectivity index (χ3n) is 7.25. The van der Waals surface area contributed by atoms with E-state index in [0.717, 1.165) is 0 Å². The topological polar surface area (TPSA) is 132 Å². The lowest BCUT2D eigenvalue weighted by Crippen LogP contribution is -2.71. The van der Waals surface area contributed by atoms with Gasteiger partial charge in [0.05, 0.1) is 21.8 Å². The van der Waals surface area contributed by atoms with Crippen molar-refractivity contribution in [2.75, 3.05) is 0 Å². The average Bonchev–Trinajstić information content (AvgIpc) is 2.45. The van der Waals surface area contributed by atoms with Crippen molar-refractivity contribution in [2.45, 2.75) is 64.4 Å². The summed E-state index contributed by atoms with van der Waals surface area (Å²) in [6.45, 7) is 3.34. The van der Waals surface area contributed by atoms with Gasteiger partial charge in [-0.15, -0.1) is 0 Å². The molecule has 4 saturated carbocycles. The van der Waals surface area contributed by atoms with Crippen LogP contribution >= 0.6 is 0 Å². The maximum Gasteiger partial charge on any atom is 0.309 e. The molecule has 7 heteroatoms. The third-order valence-corrected chi connectivity index (χ3v) is 7.25. The molecule has 4 fully saturated rings. The summed E-state index contributed by atoms with van der Waals surface area (Å²) in [6, 6.07) is 0. The summed E-state index contributed by atoms with van der Waals surface area (Å²) in [5.74, 6) is -3.43. The maximum atomic E-state index is 12.1. The minimum absolute atomic E-state index is 0.0543. The molecule has 4 aliphatic rings. The van der Waals surface area contributed by atoms with Gasteiger partial charge in [-0.2, -0.15) is 0 Å². The second kappa shape index (κ2) is 4.50. The quantitative estimate of drug-likeness (QED) is 0.599. The predicted octanol–water partition coefficient (Wildman–Crippen LogP) is 1.73. The summed E-state index contributed by atoms with van der Waals surface area (Å²) >= 11 is 0. The van der Waals surface area contributed by atoms with Crippen molar-refractivity contribution in [1.82, 2.24) is 0 Å². The van der Waals surface area contributed by atoms with Gasteiger partial charge in [0.15, 0.2) is 0 Å². The van der Waals surface area contributed by atoms with Crippen LogP contribution in [0.1, 0.15) is 58.8 Å². The van der Waals surface area contributed by atoms with Gasteiger partial charge >= 0.3 is 17.9 Å². The Kier molecular flexibility index (Phi) is 3.23. The Morgan fingerprint density at radius 1 is 0.792 bits per heavy atom. The third kappa shape index (κ3) is 1.84. The van der Waals surface area contributed by atoms with Gasteiger partial charge in [0.1, 0.15) is 0 Å². The smallest absolute Gasteiger partial charge is 0.309 e. The number of hydrogen-bond acceptors (Lipinski definition) is 4. The number of aliphatic hydroxyl groups is 1. The first kappa shape index (κ1) is 17.2. The van der Waals surface area contributed by atoms with Gasteiger partial charge < -0.3 is 20.4 Å². The lowest BCUT2D eigenvalue weighted by molar-refractivity contribution is -0.258. The van der Waals surface area contributed by atoms with Crippen molar-refractivity contribution < 1.29 is 34.8 Å². The molecule has 4 rings (SSSR count). The fourth-order valence-electron chi connectivity index (χ4n) is 6.26. The molecular weight excluding hydrogens is 316 g/mol. The van der Waals surface area contributed by atoms with Gasteiger partial charge in [-0.3, -0.25) is 14.4 Å². The summed E-state index contributed by atoms with van der Waals surface area (Å²) in [7, 11) is 0. The molecule has 4 bridgehead atoms. The molecule has 0 aliphatic heterocycles. The van der Waals surface area contributed by atoms with Crippen LogP contribution in [0.5, 0.6) is 0 Å². The Balaban J connectivity index is 2.27. The van der Waals surface area contributed by atoms with Crippen molar-refractivity contribution in [3.63, 3.8) is 0 Å². The molecule has 0 heterocycles. The molecule has 0 aromatic heterocycles. The van der Waals surface area contributed by atoms with E-state index in [-0.39, 0.29) is 38.5 Å². The van der Waals surface area contributed by atoms with E-state index in [1.807, 2.05) is 0 Å². The van der Waals surface area contributed by atoms with Gasteiger partial charge in [-0.25, -0.2) is 0 Å². The molecule has 24 heavy (non-hydrogen) atoms. The van der Waals surface area contributed by atoms with E-state index in [0.29, 0.717) is 6.42 Å². The van der Waals surface area contributed by atoms with Crippen LogP contribution in [-0.2, 0) is 14.4 Å². The van der Waals surface area contributed by atoms with Crippen LogP contribution < -0.4 is 0 Å². The molecule has 0 amide bonds. The van der Waals surface area contributed by atoms with E-state index in [2.05, 4.69) is 0 Å². The van der Waals surface area contributed by atoms with Crippen LogP contribution in [0.4, 0.5) is 0 Å². The van der Waals surface area contributed by atoms with E-state index >= 15 is 0 Å². The number of carboxylic acid groups (broad SMARTS) is 3. The highest BCUT2D eigenvalue weighted by Crippen LogP contribution is 2.76. The standard InChI is InChI=1S/C17H24O7/c1-3-13(2,24)17-7-14(10(18)19)4-15(8-17,11(20)21)6-16(5-14,9-17)12(22)23/h24H,3-9H2,1-2H3,(H,18,19)(H,20,21)(H,22,23). The number of aliphatic carboxylic acids is 3. The Hall–Kier alpha value is -1.63. The summed E-state index contributed by atoms with van der Waals surface area (Å²) in [5, 5.41) is 40.6. The van der Waals surface area contributed by atoms with E-state index in [1.54, 1.807) is 13.8 Å². The minimum Gasteiger partial charge on any atom is -0.481 e. The van der Waals surface area contributed by atoms with Crippen LogP contribution in [0.3, 0.4) is 0 Å². The van der Waals surface area contributed by atoms with Crippen LogP contribution in [0.2, 0.25) is 0 Å². The van der Waals surface area contributed by atoms with E-state index in [1.165, 1.54) is 0 Å². The largest absolute Gasteiger partial charge is 0.481 e. The zero-order chi connectivity index (χ0) is 18.2. The summed E-state index contributed by atoms with van der Waals surface area (Å²) in [4.78, 5) is 36.2. The molecule has 0 radical (unpaired) electrons. The summed E-state index contributed by atoms with van der Waals surface area (Å²) < 4.78 is 0. The molecular formula is C17H24O7. The maximum absolute atomic E-state index is 12.1. The molecule has 1 atom stereocenters. The summed E-state index contributed by atoms with van der Waals surface area (Å²) in [5.41, 5.74) is -6.51. The first-order valence-corrected chi connectivity index (χ1v) is 8.31. The SMILES string of the molecule is CCC(C)(O)C12CC3(C(=O)O)CC(C(=O)O)(CC(C(=O)O)(C3)C1)C2. The molecule has 1 unspecified atom stereocenters. The number of hydrogen-bond donors (Lipinski definition) is 4. The monoisotopic (exact) mass is 340 g/mol. The van der Waals surface area contributed by atoms with E-state index in [4.69, 9.17) is 0 Å². The Morgan fingerprint density at radius 2 is 1.08 bits per heavy atom. The van der Waals surface area contributed by atoms with Crippen molar-refractivity contribution in [1.29, 1.82) is 0 Å². The molecule has 4 aliphatic carbocycles. The van der Waals surface area contributed by atoms with Crippen LogP contribution in [0.15, 0.2) is 0 Å². The Morgan fingerprint density at radius 3 is 1.29 bits per heavy atom. The molecule has 134 valence electrons. The normalized spacial score (nSPS) is 45.6. The van der Waals surface area contributed by atoms with Crippen molar-refractivity contribution in [2.24, 2.45) is 21.7 Å². The fourth-order valence-corrected chi connectivity index (χ4v) is 6.26. The first-order valence-electron chi connectivity index (χ1n) is 8.31. The van der Waals surface area contributed by atoms with Crippen molar-refractivity contribution in [3.05, 3.63) is 0 Å². The average molecular weight is 340 g/mol. The lowest BCUT2D eigenvalue weighted by Gasteiger charge is -2.69. The van der Waals surface area contributed by atoms with E-state index in [9.17, 15) is 34.8 Å². The predicted molar refractivity (Wildman–Crippen MR) is 81.3 cm³/mol. The number of rotatable bonds is 5. The minimum atomic E-state index is -1.40. The second-order valence-electron chi connectivity index (χ2n) is 8.72. The molecule has 0 aromatic rings. The van der Waals surface area contributed by atoms with Gasteiger partial charge in [-0.1, -0.05) is 6.92 Å². The second-order valence-corrected chi connectivity index (χ2v) is 8.72. The van der Waals surface area contributed by atoms with Crippen LogP contribution in [0.25, 0.3) is 0 Å². The fraction of sp³-hybridized carbons (Fsp3) is 0.824. The van der Waals surface area contributed by atoms with Crippen LogP contribution in [0, 0.1) is 21.7 Å². The highest BCUT2D eigenvalue weighted by atomic mass is 16.4. The molecule has 4 N–H and O–H groups in total. The van der Waals surface area contributed by atoms with Crippen LogP contribution in [-0.4, -0.2) is 43.9 Å². The first-order chi connectivity index (χ1) is 10.9. The highest BCUT2D eigenvalue weighted by Gasteiger charge is 2.77. The molecule has 7 nitrogen and oxygen atoms in total. The van der Waals surface area contributed by atoms with E-state index < -0.39 is 45.2 Å². The number of carboxylic acids is 3. The van der Waals surface area contributed by atoms with Gasteiger partial charge in [0, 0.05) is 5.41 Å². The summed E-state index contributed by atoms with van der Waals surface area (Å²) in [6.07, 6.45) is 0.568. The highest BCUT2D eigenvalue weighted by molar-refractivity contribution is 5.86. The molecule has 0 spiro atoms. The van der Waals surface area contributed by atoms with Crippen molar-refractivity contribution in [3.8, 4) is 0 Å². The molecule has 0 aromatic carbocycles. The Bertz CT molecular complexity index is 553. The number of carbonyl (C=O) groups is 3. The van der Waals surface area contributed by atoms with Gasteiger partial charge in [0.2, 0.25) is 0 Å². The zero-order valence-corrected chi connectivity index (χ0v) is 14.0. The Labute approximate surface area is 139 Å².